The van der Waals surface area contributed by atoms with Gasteiger partial charge in [0.2, 0.25) is 0 Å². The first-order valence-corrected chi connectivity index (χ1v) is 7.25. The zero-order valence-corrected chi connectivity index (χ0v) is 12.9. The highest BCUT2D eigenvalue weighted by Gasteiger charge is 2.15. The third-order valence-corrected chi connectivity index (χ3v) is 3.43. The number of rotatable bonds is 3. The molecule has 0 bridgehead atoms. The number of fused-ring (bicyclic) bond motifs is 1. The summed E-state index contributed by atoms with van der Waals surface area (Å²) in [5.41, 5.74) is 5.12. The van der Waals surface area contributed by atoms with Crippen LogP contribution in [0.5, 0.6) is 0 Å². The van der Waals surface area contributed by atoms with Gasteiger partial charge in [0.15, 0.2) is 5.65 Å². The summed E-state index contributed by atoms with van der Waals surface area (Å²) in [5, 5.41) is 8.21. The molecule has 1 N–H and O–H groups in total. The van der Waals surface area contributed by atoms with Crippen LogP contribution in [0.1, 0.15) is 25.1 Å². The molecule has 0 atom stereocenters. The molecule has 1 aromatic carbocycles. The number of hydrogen-bond acceptors (Lipinski definition) is 3. The van der Waals surface area contributed by atoms with Gasteiger partial charge in [0.05, 0.1) is 5.69 Å². The highest BCUT2D eigenvalue weighted by atomic mass is 15.3. The summed E-state index contributed by atoms with van der Waals surface area (Å²) in [5.74, 6) is 0.984. The fourth-order valence-corrected chi connectivity index (χ4v) is 2.51. The van der Waals surface area contributed by atoms with E-state index < -0.39 is 0 Å². The van der Waals surface area contributed by atoms with Crippen LogP contribution in [0, 0.1) is 13.8 Å². The molecule has 0 aliphatic rings. The minimum Gasteiger partial charge on any atom is -0.368 e. The number of benzene rings is 1. The summed E-state index contributed by atoms with van der Waals surface area (Å²) >= 11 is 0. The van der Waals surface area contributed by atoms with Crippen LogP contribution >= 0.6 is 0 Å². The average molecular weight is 280 g/mol. The van der Waals surface area contributed by atoms with Crippen LogP contribution in [-0.2, 0) is 0 Å². The summed E-state index contributed by atoms with van der Waals surface area (Å²) < 4.78 is 1.91. The molecule has 4 nitrogen and oxygen atoms in total. The maximum absolute atomic E-state index is 4.77. The van der Waals surface area contributed by atoms with E-state index in [-0.39, 0.29) is 0 Å². The molecule has 0 saturated carbocycles. The lowest BCUT2D eigenvalue weighted by Gasteiger charge is -2.12. The van der Waals surface area contributed by atoms with E-state index in [9.17, 15) is 0 Å². The maximum Gasteiger partial charge on any atom is 0.161 e. The molecule has 0 amide bonds. The highest BCUT2D eigenvalue weighted by Crippen LogP contribution is 2.26. The molecule has 0 unspecified atom stereocenters. The van der Waals surface area contributed by atoms with E-state index in [1.807, 2.05) is 35.7 Å². The van der Waals surface area contributed by atoms with Crippen molar-refractivity contribution in [2.75, 3.05) is 5.32 Å². The summed E-state index contributed by atoms with van der Waals surface area (Å²) in [7, 11) is 0. The molecule has 108 valence electrons. The molecule has 21 heavy (non-hydrogen) atoms. The van der Waals surface area contributed by atoms with Crippen molar-refractivity contribution in [2.45, 2.75) is 33.7 Å². The first-order valence-electron chi connectivity index (χ1n) is 7.25. The Morgan fingerprint density at radius 2 is 1.81 bits per heavy atom. The Morgan fingerprint density at radius 1 is 1.10 bits per heavy atom. The van der Waals surface area contributed by atoms with Crippen LogP contribution in [-0.4, -0.2) is 20.6 Å². The Morgan fingerprint density at radius 3 is 2.48 bits per heavy atom. The number of nitrogens with one attached hydrogen (secondary N) is 1. The molecular formula is C17H20N4. The Hall–Kier alpha value is -2.36. The van der Waals surface area contributed by atoms with Gasteiger partial charge in [-0.05, 0) is 27.7 Å². The Bertz CT molecular complexity index is 772. The molecule has 0 spiro atoms. The first-order chi connectivity index (χ1) is 10.1. The largest absolute Gasteiger partial charge is 0.368 e. The molecular weight excluding hydrogens is 260 g/mol. The Balaban J connectivity index is 2.24. The van der Waals surface area contributed by atoms with Gasteiger partial charge in [-0.25, -0.2) is 4.98 Å². The second kappa shape index (κ2) is 5.20. The van der Waals surface area contributed by atoms with E-state index in [1.54, 1.807) is 0 Å². The van der Waals surface area contributed by atoms with E-state index in [2.05, 4.69) is 43.2 Å². The van der Waals surface area contributed by atoms with Crippen molar-refractivity contribution < 1.29 is 0 Å². The van der Waals surface area contributed by atoms with Crippen molar-refractivity contribution in [3.8, 4) is 11.3 Å². The fraction of sp³-hybridized carbons (Fsp3) is 0.294. The van der Waals surface area contributed by atoms with Crippen LogP contribution in [0.3, 0.4) is 0 Å². The minimum absolute atomic E-state index is 0.347. The summed E-state index contributed by atoms with van der Waals surface area (Å²) in [6, 6.07) is 12.6. The zero-order chi connectivity index (χ0) is 15.0. The molecule has 2 heterocycles. The van der Waals surface area contributed by atoms with Gasteiger partial charge in [-0.2, -0.15) is 9.61 Å². The number of hydrogen-bond donors (Lipinski definition) is 1. The normalized spacial score (nSPS) is 11.3. The second-order valence-corrected chi connectivity index (χ2v) is 5.66. The average Bonchev–Trinajstić information content (AvgIpc) is 2.77. The van der Waals surface area contributed by atoms with Crippen LogP contribution in [0.2, 0.25) is 0 Å². The highest BCUT2D eigenvalue weighted by molar-refractivity contribution is 5.71. The fourth-order valence-electron chi connectivity index (χ4n) is 2.51. The van der Waals surface area contributed by atoms with Crippen molar-refractivity contribution in [1.29, 1.82) is 0 Å². The number of aryl methyl sites for hydroxylation is 2. The van der Waals surface area contributed by atoms with Crippen molar-refractivity contribution in [1.82, 2.24) is 14.6 Å². The van der Waals surface area contributed by atoms with Crippen molar-refractivity contribution >= 4 is 11.5 Å². The van der Waals surface area contributed by atoms with Crippen molar-refractivity contribution in [3.63, 3.8) is 0 Å². The molecule has 4 heteroatoms. The smallest absolute Gasteiger partial charge is 0.161 e. The maximum atomic E-state index is 4.77. The van der Waals surface area contributed by atoms with Crippen LogP contribution in [0.25, 0.3) is 16.9 Å². The van der Waals surface area contributed by atoms with Gasteiger partial charge in [-0.3, -0.25) is 0 Å². The third kappa shape index (κ3) is 2.49. The molecule has 3 aromatic rings. The second-order valence-electron chi connectivity index (χ2n) is 5.66. The standard InChI is InChI=1S/C17H20N4/c1-11(2)18-15-10-12(3)19-17-13(4)16(20-21(15)17)14-8-6-5-7-9-14/h5-11,18H,1-4H3. The molecule has 0 aliphatic heterocycles. The summed E-state index contributed by atoms with van der Waals surface area (Å²) in [4.78, 5) is 4.65. The Kier molecular flexibility index (Phi) is 3.37. The Labute approximate surface area is 124 Å². The molecule has 2 aromatic heterocycles. The van der Waals surface area contributed by atoms with Gasteiger partial charge < -0.3 is 5.32 Å². The van der Waals surface area contributed by atoms with E-state index in [1.165, 1.54) is 0 Å². The topological polar surface area (TPSA) is 42.2 Å². The lowest BCUT2D eigenvalue weighted by Crippen LogP contribution is -2.14. The van der Waals surface area contributed by atoms with Crippen molar-refractivity contribution in [3.05, 3.63) is 47.7 Å². The predicted octanol–water partition coefficient (Wildman–Crippen LogP) is 3.83. The summed E-state index contributed by atoms with van der Waals surface area (Å²) in [6.07, 6.45) is 0. The number of anilines is 1. The molecule has 0 aliphatic carbocycles. The zero-order valence-electron chi connectivity index (χ0n) is 12.9. The SMILES string of the molecule is Cc1cc(NC(C)C)n2nc(-c3ccccc3)c(C)c2n1. The lowest BCUT2D eigenvalue weighted by molar-refractivity contribution is 0.849. The van der Waals surface area contributed by atoms with E-state index in [4.69, 9.17) is 5.10 Å². The van der Waals surface area contributed by atoms with Gasteiger partial charge in [-0.1, -0.05) is 30.3 Å². The first kappa shape index (κ1) is 13.6. The van der Waals surface area contributed by atoms with E-state index in [0.717, 1.165) is 34.0 Å². The van der Waals surface area contributed by atoms with E-state index >= 15 is 0 Å². The van der Waals surface area contributed by atoms with Crippen LogP contribution in [0.4, 0.5) is 5.82 Å². The molecule has 3 rings (SSSR count). The third-order valence-electron chi connectivity index (χ3n) is 3.43. The monoisotopic (exact) mass is 280 g/mol. The minimum atomic E-state index is 0.347. The summed E-state index contributed by atoms with van der Waals surface area (Å²) in [6.45, 7) is 8.34. The van der Waals surface area contributed by atoms with Crippen molar-refractivity contribution in [2.24, 2.45) is 0 Å². The van der Waals surface area contributed by atoms with Gasteiger partial charge in [0.1, 0.15) is 5.82 Å². The van der Waals surface area contributed by atoms with Gasteiger partial charge in [0, 0.05) is 28.9 Å². The lowest BCUT2D eigenvalue weighted by atomic mass is 10.1. The van der Waals surface area contributed by atoms with E-state index in [0.29, 0.717) is 6.04 Å². The molecule has 0 fully saturated rings. The van der Waals surface area contributed by atoms with Crippen LogP contribution in [0.15, 0.2) is 36.4 Å². The van der Waals surface area contributed by atoms with Gasteiger partial charge in [-0.15, -0.1) is 0 Å². The quantitative estimate of drug-likeness (QED) is 0.792. The van der Waals surface area contributed by atoms with Gasteiger partial charge in [0.25, 0.3) is 0 Å². The number of nitrogens with zero attached hydrogens (tertiary/aromatic N) is 3. The van der Waals surface area contributed by atoms with Crippen LogP contribution < -0.4 is 5.32 Å². The predicted molar refractivity (Wildman–Crippen MR) is 86.7 cm³/mol. The number of aromatic nitrogens is 3. The molecule has 0 saturated heterocycles. The van der Waals surface area contributed by atoms with Gasteiger partial charge >= 0.3 is 0 Å². The molecule has 0 radical (unpaired) electrons.